The lowest BCUT2D eigenvalue weighted by molar-refractivity contribution is -0.0294. The van der Waals surface area contributed by atoms with Crippen molar-refractivity contribution in [1.29, 1.82) is 0 Å². The van der Waals surface area contributed by atoms with E-state index in [4.69, 9.17) is 31.4 Å². The minimum Gasteiger partial charge on any atom is -0.444 e. The summed E-state index contributed by atoms with van der Waals surface area (Å²) >= 11 is 0. The van der Waals surface area contributed by atoms with Gasteiger partial charge in [0.2, 0.25) is 0 Å². The van der Waals surface area contributed by atoms with E-state index in [1.54, 1.807) is 41.5 Å². The number of carbonyl (C=O) groups is 3. The zero-order valence-corrected chi connectivity index (χ0v) is 19.9. The van der Waals surface area contributed by atoms with Gasteiger partial charge in [0.05, 0.1) is 0 Å². The standard InChI is InChI=1S/C10H18O5.C7H16N2O2.C2H8N2/c1-9(2,3)14-7(11)13-8(12)15-10(4,5)6;1-7(2,3)11-6(10)9-5-4-8;3-1-2-4/h1-6H3;4-5,8H2,1-3H3,(H,9,10);1-4H2. The summed E-state index contributed by atoms with van der Waals surface area (Å²) in [5.74, 6) is 0. The lowest BCUT2D eigenvalue weighted by atomic mass is 10.2. The van der Waals surface area contributed by atoms with E-state index in [0.717, 1.165) is 0 Å². The van der Waals surface area contributed by atoms with Crippen LogP contribution in [0.2, 0.25) is 0 Å². The summed E-state index contributed by atoms with van der Waals surface area (Å²) in [4.78, 5) is 32.8. The molecule has 0 aliphatic heterocycles. The molecule has 0 heterocycles. The third-order valence-electron chi connectivity index (χ3n) is 1.92. The van der Waals surface area contributed by atoms with E-state index in [2.05, 4.69) is 10.1 Å². The monoisotopic (exact) mass is 438 g/mol. The lowest BCUT2D eigenvalue weighted by Crippen LogP contribution is -2.35. The van der Waals surface area contributed by atoms with Crippen LogP contribution < -0.4 is 22.5 Å². The van der Waals surface area contributed by atoms with Crippen LogP contribution in [0.4, 0.5) is 14.4 Å². The molecule has 0 aliphatic carbocycles. The lowest BCUT2D eigenvalue weighted by Gasteiger charge is -2.20. The van der Waals surface area contributed by atoms with Gasteiger partial charge in [0.25, 0.3) is 0 Å². The average Bonchev–Trinajstić information content (AvgIpc) is 2.48. The number of nitrogens with two attached hydrogens (primary N) is 3. The maximum absolute atomic E-state index is 11.0. The van der Waals surface area contributed by atoms with Crippen LogP contribution in [0.25, 0.3) is 0 Å². The molecule has 180 valence electrons. The molecule has 0 bridgehead atoms. The number of hydrogen-bond acceptors (Lipinski definition) is 10. The molecule has 0 aliphatic rings. The Morgan fingerprint density at radius 1 is 0.633 bits per heavy atom. The summed E-state index contributed by atoms with van der Waals surface area (Å²) in [7, 11) is 0. The van der Waals surface area contributed by atoms with Crippen molar-refractivity contribution in [3.05, 3.63) is 0 Å². The molecule has 11 nitrogen and oxygen atoms in total. The minimum absolute atomic E-state index is 0.414. The Labute approximate surface area is 180 Å². The fraction of sp³-hybridized carbons (Fsp3) is 0.842. The van der Waals surface area contributed by atoms with E-state index in [-0.39, 0.29) is 0 Å². The van der Waals surface area contributed by atoms with Gasteiger partial charge >= 0.3 is 18.4 Å². The predicted octanol–water partition coefficient (Wildman–Crippen LogP) is 2.25. The molecule has 1 amide bonds. The third-order valence-corrected chi connectivity index (χ3v) is 1.92. The third kappa shape index (κ3) is 33.5. The molecule has 0 aromatic heterocycles. The van der Waals surface area contributed by atoms with Gasteiger partial charge in [-0.2, -0.15) is 0 Å². The van der Waals surface area contributed by atoms with Crippen LogP contribution in [0.15, 0.2) is 0 Å². The Morgan fingerprint density at radius 2 is 0.967 bits per heavy atom. The first-order valence-electron chi connectivity index (χ1n) is 9.57. The van der Waals surface area contributed by atoms with Gasteiger partial charge in [0.15, 0.2) is 0 Å². The highest BCUT2D eigenvalue weighted by Gasteiger charge is 2.24. The smallest absolute Gasteiger partial charge is 0.444 e. The highest BCUT2D eigenvalue weighted by Crippen LogP contribution is 2.11. The van der Waals surface area contributed by atoms with E-state index in [9.17, 15) is 14.4 Å². The molecule has 7 N–H and O–H groups in total. The largest absolute Gasteiger partial charge is 0.519 e. The molecule has 0 atom stereocenters. The van der Waals surface area contributed by atoms with Crippen molar-refractivity contribution in [3.63, 3.8) is 0 Å². The van der Waals surface area contributed by atoms with Crippen molar-refractivity contribution in [1.82, 2.24) is 5.32 Å². The molecule has 0 aromatic carbocycles. The molecule has 11 heteroatoms. The van der Waals surface area contributed by atoms with Crippen molar-refractivity contribution in [2.75, 3.05) is 26.2 Å². The maximum atomic E-state index is 11.0. The van der Waals surface area contributed by atoms with E-state index in [0.29, 0.717) is 26.2 Å². The fourth-order valence-electron chi connectivity index (χ4n) is 1.10. The summed E-state index contributed by atoms with van der Waals surface area (Å²) in [6.07, 6.45) is -2.53. The topological polar surface area (TPSA) is 178 Å². The Hall–Kier alpha value is -2.11. The Bertz CT molecular complexity index is 465. The van der Waals surface area contributed by atoms with Crippen molar-refractivity contribution < 1.29 is 33.3 Å². The molecule has 0 spiro atoms. The first kappa shape index (κ1) is 32.6. The van der Waals surface area contributed by atoms with Crippen LogP contribution in [0.1, 0.15) is 62.3 Å². The van der Waals surface area contributed by atoms with E-state index < -0.39 is 35.2 Å². The van der Waals surface area contributed by atoms with Gasteiger partial charge in [0.1, 0.15) is 16.8 Å². The first-order chi connectivity index (χ1) is 13.4. The average molecular weight is 439 g/mol. The van der Waals surface area contributed by atoms with Crippen molar-refractivity contribution in [2.24, 2.45) is 17.2 Å². The molecule has 0 rings (SSSR count). The van der Waals surface area contributed by atoms with E-state index >= 15 is 0 Å². The number of carbonyl (C=O) groups excluding carboxylic acids is 3. The van der Waals surface area contributed by atoms with Gasteiger partial charge in [-0.1, -0.05) is 0 Å². The minimum atomic E-state index is -1.06. The number of ether oxygens (including phenoxy) is 4. The van der Waals surface area contributed by atoms with Gasteiger partial charge in [-0.05, 0) is 62.3 Å². The second-order valence-electron chi connectivity index (χ2n) is 8.83. The molecule has 0 aromatic rings. The van der Waals surface area contributed by atoms with Crippen LogP contribution in [-0.4, -0.2) is 61.4 Å². The second kappa shape index (κ2) is 15.7. The van der Waals surface area contributed by atoms with Crippen molar-refractivity contribution in [2.45, 2.75) is 79.1 Å². The van der Waals surface area contributed by atoms with E-state index in [1.165, 1.54) is 0 Å². The SMILES string of the molecule is CC(C)(C)OC(=O)NCCN.CC(C)(C)OC(=O)OC(=O)OC(C)(C)C.NCCN. The summed E-state index contributed by atoms with van der Waals surface area (Å²) in [5.41, 5.74) is 13.2. The van der Waals surface area contributed by atoms with Gasteiger partial charge < -0.3 is 41.5 Å². The zero-order valence-electron chi connectivity index (χ0n) is 19.9. The molecule has 0 unspecified atom stereocenters. The molecule has 0 saturated carbocycles. The van der Waals surface area contributed by atoms with Crippen LogP contribution in [0, 0.1) is 0 Å². The second-order valence-corrected chi connectivity index (χ2v) is 8.83. The molecular weight excluding hydrogens is 396 g/mol. The van der Waals surface area contributed by atoms with Gasteiger partial charge in [0, 0.05) is 26.2 Å². The van der Waals surface area contributed by atoms with Crippen LogP contribution in [0.5, 0.6) is 0 Å². The van der Waals surface area contributed by atoms with Crippen molar-refractivity contribution >= 4 is 18.4 Å². The summed E-state index contributed by atoms with van der Waals surface area (Å²) in [6.45, 7) is 17.5. The van der Waals surface area contributed by atoms with Crippen LogP contribution in [0.3, 0.4) is 0 Å². The number of nitrogens with one attached hydrogen (secondary N) is 1. The molecule has 0 radical (unpaired) electrons. The molecule has 0 fully saturated rings. The first-order valence-corrected chi connectivity index (χ1v) is 9.57. The maximum Gasteiger partial charge on any atom is 0.519 e. The fourth-order valence-corrected chi connectivity index (χ4v) is 1.10. The van der Waals surface area contributed by atoms with Gasteiger partial charge in [-0.25, -0.2) is 14.4 Å². The highest BCUT2D eigenvalue weighted by molar-refractivity contribution is 5.77. The Morgan fingerprint density at radius 3 is 1.20 bits per heavy atom. The summed E-state index contributed by atoms with van der Waals surface area (Å²) in [6, 6.07) is 0. The van der Waals surface area contributed by atoms with Gasteiger partial charge in [-0.15, -0.1) is 0 Å². The van der Waals surface area contributed by atoms with E-state index in [1.807, 2.05) is 20.8 Å². The summed E-state index contributed by atoms with van der Waals surface area (Å²) in [5, 5.41) is 2.50. The molecular formula is C19H42N4O7. The normalized spacial score (nSPS) is 10.9. The van der Waals surface area contributed by atoms with Crippen LogP contribution in [-0.2, 0) is 18.9 Å². The van der Waals surface area contributed by atoms with Gasteiger partial charge in [-0.3, -0.25) is 0 Å². The van der Waals surface area contributed by atoms with Crippen LogP contribution >= 0.6 is 0 Å². The number of rotatable bonds is 3. The predicted molar refractivity (Wildman–Crippen MR) is 115 cm³/mol. The Balaban J connectivity index is -0.000000425. The summed E-state index contributed by atoms with van der Waals surface area (Å²) < 4.78 is 18.7. The number of hydrogen-bond donors (Lipinski definition) is 4. The highest BCUT2D eigenvalue weighted by atomic mass is 16.8. The molecule has 0 saturated heterocycles. The quantitative estimate of drug-likeness (QED) is 0.290. The Kier molecular flexibility index (Phi) is 17.0. The van der Waals surface area contributed by atoms with Crippen molar-refractivity contribution in [3.8, 4) is 0 Å². The number of alkyl carbamates (subject to hydrolysis) is 1. The number of amides is 1. The molecule has 30 heavy (non-hydrogen) atoms. The zero-order chi connectivity index (χ0) is 24.6.